The number of hydrogen-bond donors (Lipinski definition) is 0. The lowest BCUT2D eigenvalue weighted by atomic mass is 10.2. The first kappa shape index (κ1) is 12.9. The fourth-order valence-electron chi connectivity index (χ4n) is 1.61. The second-order valence-corrected chi connectivity index (χ2v) is 4.76. The van der Waals surface area contributed by atoms with Gasteiger partial charge in [-0.15, -0.1) is 0 Å². The van der Waals surface area contributed by atoms with Gasteiger partial charge in [-0.2, -0.15) is 0 Å². The highest BCUT2D eigenvalue weighted by Crippen LogP contribution is 2.12. The van der Waals surface area contributed by atoms with Crippen LogP contribution in [0.4, 0.5) is 0 Å². The number of halogens is 2. The molecule has 0 aromatic heterocycles. The Hall–Kier alpha value is -1.51. The van der Waals surface area contributed by atoms with Crippen molar-refractivity contribution in [3.63, 3.8) is 0 Å². The van der Waals surface area contributed by atoms with Crippen LogP contribution < -0.4 is 0 Å². The fourth-order valence-corrected chi connectivity index (χ4v) is 2.03. The second kappa shape index (κ2) is 5.89. The van der Waals surface area contributed by atoms with Crippen LogP contribution in [0.5, 0.6) is 0 Å². The number of nitrogens with zero attached hydrogens (tertiary/aromatic N) is 1. The van der Waals surface area contributed by atoms with Gasteiger partial charge in [0, 0.05) is 21.2 Å². The molecule has 0 unspecified atom stereocenters. The maximum Gasteiger partial charge on any atom is 0.182 e. The average molecular weight is 280 g/mol. The van der Waals surface area contributed by atoms with Gasteiger partial charge < -0.3 is 5.21 Å². The SMILES string of the molecule is [O-]/[N+](=C\c1cccc(Cl)c1)Cc1cccc(Cl)c1. The van der Waals surface area contributed by atoms with Gasteiger partial charge in [-0.3, -0.25) is 0 Å². The molecule has 0 bridgehead atoms. The molecule has 92 valence electrons. The minimum atomic E-state index is 0.257. The van der Waals surface area contributed by atoms with Crippen molar-refractivity contribution in [1.82, 2.24) is 0 Å². The van der Waals surface area contributed by atoms with E-state index in [-0.39, 0.29) is 6.54 Å². The van der Waals surface area contributed by atoms with Gasteiger partial charge in [0.25, 0.3) is 0 Å². The van der Waals surface area contributed by atoms with Crippen molar-refractivity contribution in [2.75, 3.05) is 0 Å². The fraction of sp³-hybridized carbons (Fsp3) is 0.0714. The van der Waals surface area contributed by atoms with Crippen molar-refractivity contribution in [2.45, 2.75) is 6.54 Å². The minimum Gasteiger partial charge on any atom is -0.624 e. The Balaban J connectivity index is 2.14. The van der Waals surface area contributed by atoms with Gasteiger partial charge in [-0.05, 0) is 30.3 Å². The van der Waals surface area contributed by atoms with Gasteiger partial charge in [0.15, 0.2) is 12.8 Å². The van der Waals surface area contributed by atoms with E-state index in [0.29, 0.717) is 10.0 Å². The maximum absolute atomic E-state index is 11.8. The summed E-state index contributed by atoms with van der Waals surface area (Å²) in [6, 6.07) is 14.4. The molecule has 0 heterocycles. The van der Waals surface area contributed by atoms with Crippen LogP contribution in [-0.4, -0.2) is 11.0 Å². The molecule has 2 aromatic rings. The van der Waals surface area contributed by atoms with Crippen molar-refractivity contribution in [3.05, 3.63) is 74.9 Å². The lowest BCUT2D eigenvalue weighted by Gasteiger charge is -2.04. The van der Waals surface area contributed by atoms with Crippen LogP contribution in [-0.2, 0) is 6.54 Å². The Morgan fingerprint density at radius 3 is 2.33 bits per heavy atom. The summed E-state index contributed by atoms with van der Waals surface area (Å²) in [5.41, 5.74) is 1.65. The van der Waals surface area contributed by atoms with Crippen LogP contribution in [0.25, 0.3) is 0 Å². The molecule has 0 saturated heterocycles. The molecule has 4 heteroatoms. The van der Waals surface area contributed by atoms with Gasteiger partial charge in [0.1, 0.15) is 0 Å². The zero-order valence-electron chi connectivity index (χ0n) is 9.51. The number of hydrogen-bond acceptors (Lipinski definition) is 1. The highest BCUT2D eigenvalue weighted by molar-refractivity contribution is 6.31. The van der Waals surface area contributed by atoms with Crippen LogP contribution in [0.2, 0.25) is 10.0 Å². The topological polar surface area (TPSA) is 26.1 Å². The lowest BCUT2D eigenvalue weighted by Crippen LogP contribution is -2.05. The van der Waals surface area contributed by atoms with E-state index in [1.165, 1.54) is 6.21 Å². The Morgan fingerprint density at radius 1 is 1.00 bits per heavy atom. The van der Waals surface area contributed by atoms with Crippen LogP contribution in [0, 0.1) is 5.21 Å². The molecule has 18 heavy (non-hydrogen) atoms. The lowest BCUT2D eigenvalue weighted by molar-refractivity contribution is -0.469. The molecular weight excluding hydrogens is 269 g/mol. The number of hydroxylamine groups is 1. The van der Waals surface area contributed by atoms with Crippen molar-refractivity contribution < 1.29 is 4.74 Å². The van der Waals surface area contributed by atoms with E-state index in [4.69, 9.17) is 23.2 Å². The van der Waals surface area contributed by atoms with Crippen molar-refractivity contribution >= 4 is 29.4 Å². The third-order valence-corrected chi connectivity index (χ3v) is 2.84. The van der Waals surface area contributed by atoms with E-state index >= 15 is 0 Å². The van der Waals surface area contributed by atoms with E-state index in [9.17, 15) is 5.21 Å². The van der Waals surface area contributed by atoms with Crippen LogP contribution in [0.15, 0.2) is 48.5 Å². The van der Waals surface area contributed by atoms with Gasteiger partial charge in [-0.25, -0.2) is 4.74 Å². The second-order valence-electron chi connectivity index (χ2n) is 3.89. The van der Waals surface area contributed by atoms with Gasteiger partial charge in [0.2, 0.25) is 0 Å². The van der Waals surface area contributed by atoms with Crippen molar-refractivity contribution in [1.29, 1.82) is 0 Å². The molecule has 0 aliphatic carbocycles. The Kier molecular flexibility index (Phi) is 4.24. The van der Waals surface area contributed by atoms with E-state index < -0.39 is 0 Å². The molecule has 0 atom stereocenters. The standard InChI is InChI=1S/C14H11Cl2NO/c15-13-5-1-3-11(7-13)9-17(18)10-12-4-2-6-14(16)8-12/h1-9H,10H2/b17-9-. The van der Waals surface area contributed by atoms with Gasteiger partial charge in [0.05, 0.1) is 0 Å². The molecule has 0 N–H and O–H groups in total. The predicted octanol–water partition coefficient (Wildman–Crippen LogP) is 4.12. The first-order valence-electron chi connectivity index (χ1n) is 5.42. The highest BCUT2D eigenvalue weighted by Gasteiger charge is 2.00. The smallest absolute Gasteiger partial charge is 0.182 e. The summed E-state index contributed by atoms with van der Waals surface area (Å²) in [5.74, 6) is 0. The van der Waals surface area contributed by atoms with E-state index in [1.807, 2.05) is 18.2 Å². The first-order chi connectivity index (χ1) is 8.63. The first-order valence-corrected chi connectivity index (χ1v) is 6.18. The summed E-state index contributed by atoms with van der Waals surface area (Å²) in [7, 11) is 0. The van der Waals surface area contributed by atoms with E-state index in [1.54, 1.807) is 30.3 Å². The molecular formula is C14H11Cl2NO. The predicted molar refractivity (Wildman–Crippen MR) is 75.4 cm³/mol. The highest BCUT2D eigenvalue weighted by atomic mass is 35.5. The quantitative estimate of drug-likeness (QED) is 0.359. The van der Waals surface area contributed by atoms with Gasteiger partial charge in [-0.1, -0.05) is 41.4 Å². The molecule has 0 aliphatic rings. The Morgan fingerprint density at radius 2 is 1.67 bits per heavy atom. The van der Waals surface area contributed by atoms with Crippen molar-refractivity contribution in [3.8, 4) is 0 Å². The Bertz CT molecular complexity index is 582. The minimum absolute atomic E-state index is 0.257. The molecule has 0 spiro atoms. The van der Waals surface area contributed by atoms with E-state index in [2.05, 4.69) is 0 Å². The van der Waals surface area contributed by atoms with Crippen LogP contribution >= 0.6 is 23.2 Å². The third-order valence-electron chi connectivity index (χ3n) is 2.37. The summed E-state index contributed by atoms with van der Waals surface area (Å²) < 4.78 is 0.858. The molecule has 2 aromatic carbocycles. The molecule has 0 fully saturated rings. The summed E-state index contributed by atoms with van der Waals surface area (Å²) >= 11 is 11.7. The van der Waals surface area contributed by atoms with Crippen LogP contribution in [0.3, 0.4) is 0 Å². The average Bonchev–Trinajstić information content (AvgIpc) is 2.28. The van der Waals surface area contributed by atoms with Gasteiger partial charge >= 0.3 is 0 Å². The Labute approximate surface area is 116 Å². The zero-order valence-corrected chi connectivity index (χ0v) is 11.0. The summed E-state index contributed by atoms with van der Waals surface area (Å²) in [4.78, 5) is 0. The molecule has 0 saturated carbocycles. The number of benzene rings is 2. The molecule has 2 nitrogen and oxygen atoms in total. The van der Waals surface area contributed by atoms with Crippen molar-refractivity contribution in [2.24, 2.45) is 0 Å². The normalized spacial score (nSPS) is 11.6. The largest absolute Gasteiger partial charge is 0.624 e. The summed E-state index contributed by atoms with van der Waals surface area (Å²) in [6.45, 7) is 0.257. The summed E-state index contributed by atoms with van der Waals surface area (Å²) in [6.07, 6.45) is 1.51. The third kappa shape index (κ3) is 3.76. The van der Waals surface area contributed by atoms with Crippen LogP contribution in [0.1, 0.15) is 11.1 Å². The van der Waals surface area contributed by atoms with E-state index in [0.717, 1.165) is 15.9 Å². The summed E-state index contributed by atoms with van der Waals surface area (Å²) in [5, 5.41) is 13.0. The zero-order chi connectivity index (χ0) is 13.0. The molecule has 0 radical (unpaired) electrons. The maximum atomic E-state index is 11.8. The monoisotopic (exact) mass is 279 g/mol. The molecule has 2 rings (SSSR count). The molecule has 0 amide bonds. The molecule has 0 aliphatic heterocycles. The number of rotatable bonds is 3.